The summed E-state index contributed by atoms with van der Waals surface area (Å²) in [5, 5.41) is 3.27. The highest BCUT2D eigenvalue weighted by Gasteiger charge is 2.29. The van der Waals surface area contributed by atoms with E-state index >= 15 is 0 Å². The van der Waals surface area contributed by atoms with Gasteiger partial charge in [0.2, 0.25) is 0 Å². The van der Waals surface area contributed by atoms with Crippen molar-refractivity contribution in [3.05, 3.63) is 23.7 Å². The van der Waals surface area contributed by atoms with Gasteiger partial charge in [-0.15, -0.1) is 0 Å². The number of furan rings is 1. The molecule has 0 aromatic carbocycles. The normalized spacial score (nSPS) is 15.5. The summed E-state index contributed by atoms with van der Waals surface area (Å²) in [5.74, 6) is 2.08. The van der Waals surface area contributed by atoms with Crippen molar-refractivity contribution in [1.82, 2.24) is 10.2 Å². The van der Waals surface area contributed by atoms with Gasteiger partial charge < -0.3 is 14.5 Å². The van der Waals surface area contributed by atoms with Gasteiger partial charge in [-0.3, -0.25) is 4.90 Å². The number of hydrogen-bond donors (Lipinski definition) is 1. The SMILES string of the molecule is CCNCc1ccc(CN(CCOC)C2CC2)o1. The van der Waals surface area contributed by atoms with Gasteiger partial charge in [-0.1, -0.05) is 6.92 Å². The van der Waals surface area contributed by atoms with Crippen LogP contribution in [0.25, 0.3) is 0 Å². The summed E-state index contributed by atoms with van der Waals surface area (Å²) in [4.78, 5) is 2.46. The van der Waals surface area contributed by atoms with E-state index in [9.17, 15) is 0 Å². The Morgan fingerprint density at radius 1 is 1.39 bits per heavy atom. The van der Waals surface area contributed by atoms with Crippen LogP contribution in [0.1, 0.15) is 31.3 Å². The summed E-state index contributed by atoms with van der Waals surface area (Å²) in [7, 11) is 1.76. The van der Waals surface area contributed by atoms with Crippen molar-refractivity contribution in [3.8, 4) is 0 Å². The van der Waals surface area contributed by atoms with Crippen molar-refractivity contribution in [2.24, 2.45) is 0 Å². The van der Waals surface area contributed by atoms with Crippen molar-refractivity contribution >= 4 is 0 Å². The lowest BCUT2D eigenvalue weighted by Gasteiger charge is -2.20. The van der Waals surface area contributed by atoms with Gasteiger partial charge in [0.25, 0.3) is 0 Å². The lowest BCUT2D eigenvalue weighted by Crippen LogP contribution is -2.28. The molecule has 0 bridgehead atoms. The molecule has 1 aromatic heterocycles. The van der Waals surface area contributed by atoms with Crippen molar-refractivity contribution < 1.29 is 9.15 Å². The van der Waals surface area contributed by atoms with Crippen LogP contribution < -0.4 is 5.32 Å². The van der Waals surface area contributed by atoms with E-state index in [1.54, 1.807) is 7.11 Å². The zero-order valence-electron chi connectivity index (χ0n) is 11.4. The standard InChI is InChI=1S/C14H24N2O2/c1-3-15-10-13-6-7-14(18-13)11-16(8-9-17-2)12-4-5-12/h6-7,12,15H,3-5,8-11H2,1-2H3. The Hall–Kier alpha value is -0.840. The minimum Gasteiger partial charge on any atom is -0.463 e. The number of methoxy groups -OCH3 is 1. The first-order valence-corrected chi connectivity index (χ1v) is 6.84. The Balaban J connectivity index is 1.83. The van der Waals surface area contributed by atoms with E-state index in [1.807, 2.05) is 0 Å². The average molecular weight is 252 g/mol. The van der Waals surface area contributed by atoms with E-state index in [1.165, 1.54) is 12.8 Å². The number of hydrogen-bond acceptors (Lipinski definition) is 4. The molecule has 4 nitrogen and oxygen atoms in total. The van der Waals surface area contributed by atoms with E-state index in [-0.39, 0.29) is 0 Å². The maximum Gasteiger partial charge on any atom is 0.118 e. The highest BCUT2D eigenvalue weighted by molar-refractivity contribution is 5.07. The van der Waals surface area contributed by atoms with Crippen LogP contribution in [0.2, 0.25) is 0 Å². The molecule has 1 fully saturated rings. The fraction of sp³-hybridized carbons (Fsp3) is 0.714. The van der Waals surface area contributed by atoms with Crippen LogP contribution in [-0.2, 0) is 17.8 Å². The van der Waals surface area contributed by atoms with Gasteiger partial charge >= 0.3 is 0 Å². The predicted molar refractivity (Wildman–Crippen MR) is 71.4 cm³/mol. The molecule has 0 radical (unpaired) electrons. The van der Waals surface area contributed by atoms with Crippen molar-refractivity contribution in [1.29, 1.82) is 0 Å². The van der Waals surface area contributed by atoms with Gasteiger partial charge in [-0.2, -0.15) is 0 Å². The van der Waals surface area contributed by atoms with Gasteiger partial charge in [-0.05, 0) is 31.5 Å². The molecule has 0 unspecified atom stereocenters. The van der Waals surface area contributed by atoms with Crippen LogP contribution in [0, 0.1) is 0 Å². The summed E-state index contributed by atoms with van der Waals surface area (Å²) < 4.78 is 11.0. The Labute approximate surface area is 109 Å². The lowest BCUT2D eigenvalue weighted by atomic mass is 10.3. The van der Waals surface area contributed by atoms with Crippen molar-refractivity contribution in [3.63, 3.8) is 0 Å². The third kappa shape index (κ3) is 4.12. The molecule has 1 heterocycles. The summed E-state index contributed by atoms with van der Waals surface area (Å²) in [6.07, 6.45) is 2.63. The molecule has 0 amide bonds. The molecule has 0 spiro atoms. The Morgan fingerprint density at radius 3 is 2.83 bits per heavy atom. The molecule has 18 heavy (non-hydrogen) atoms. The van der Waals surface area contributed by atoms with Gasteiger partial charge in [0, 0.05) is 19.7 Å². The predicted octanol–water partition coefficient (Wildman–Crippen LogP) is 2.00. The Bertz CT molecular complexity index is 347. The summed E-state index contributed by atoms with van der Waals surface area (Å²) in [5.41, 5.74) is 0. The van der Waals surface area contributed by atoms with Gasteiger partial charge in [0.15, 0.2) is 0 Å². The first kappa shape index (κ1) is 13.6. The number of nitrogens with zero attached hydrogens (tertiary/aromatic N) is 1. The molecule has 0 atom stereocenters. The Kier molecular flexibility index (Phi) is 5.23. The first-order chi connectivity index (χ1) is 8.83. The molecule has 2 rings (SSSR count). The van der Waals surface area contributed by atoms with Crippen LogP contribution in [0.4, 0.5) is 0 Å². The molecule has 4 heteroatoms. The molecular formula is C14H24N2O2. The van der Waals surface area contributed by atoms with Crippen LogP contribution in [0.5, 0.6) is 0 Å². The van der Waals surface area contributed by atoms with Crippen LogP contribution in [-0.4, -0.2) is 37.7 Å². The first-order valence-electron chi connectivity index (χ1n) is 6.84. The second kappa shape index (κ2) is 6.92. The fourth-order valence-electron chi connectivity index (χ4n) is 2.09. The molecule has 1 N–H and O–H groups in total. The molecular weight excluding hydrogens is 228 g/mol. The van der Waals surface area contributed by atoms with Crippen molar-refractivity contribution in [2.45, 2.75) is 38.9 Å². The van der Waals surface area contributed by atoms with Crippen molar-refractivity contribution in [2.75, 3.05) is 26.8 Å². The molecule has 102 valence electrons. The highest BCUT2D eigenvalue weighted by atomic mass is 16.5. The van der Waals surface area contributed by atoms with Gasteiger partial charge in [-0.25, -0.2) is 0 Å². The molecule has 1 aliphatic carbocycles. The quantitative estimate of drug-likeness (QED) is 0.729. The van der Waals surface area contributed by atoms with Crippen LogP contribution in [0.15, 0.2) is 16.5 Å². The molecule has 0 saturated heterocycles. The monoisotopic (exact) mass is 252 g/mol. The third-order valence-corrected chi connectivity index (χ3v) is 3.27. The topological polar surface area (TPSA) is 37.6 Å². The average Bonchev–Trinajstić information content (AvgIpc) is 3.13. The number of rotatable bonds is 9. The molecule has 1 saturated carbocycles. The second-order valence-electron chi connectivity index (χ2n) is 4.84. The maximum absolute atomic E-state index is 5.83. The van der Waals surface area contributed by atoms with E-state index in [2.05, 4.69) is 29.3 Å². The summed E-state index contributed by atoms with van der Waals surface area (Å²) >= 11 is 0. The highest BCUT2D eigenvalue weighted by Crippen LogP contribution is 2.28. The fourth-order valence-corrected chi connectivity index (χ4v) is 2.09. The third-order valence-electron chi connectivity index (χ3n) is 3.27. The van der Waals surface area contributed by atoms with E-state index < -0.39 is 0 Å². The largest absolute Gasteiger partial charge is 0.463 e. The second-order valence-corrected chi connectivity index (χ2v) is 4.84. The zero-order valence-corrected chi connectivity index (χ0v) is 11.4. The molecule has 0 aliphatic heterocycles. The van der Waals surface area contributed by atoms with Crippen LogP contribution in [0.3, 0.4) is 0 Å². The van der Waals surface area contributed by atoms with Crippen LogP contribution >= 0.6 is 0 Å². The van der Waals surface area contributed by atoms with E-state index in [4.69, 9.17) is 9.15 Å². The smallest absolute Gasteiger partial charge is 0.118 e. The van der Waals surface area contributed by atoms with E-state index in [0.29, 0.717) is 0 Å². The maximum atomic E-state index is 5.83. The molecule has 1 aliphatic rings. The molecule has 1 aromatic rings. The lowest BCUT2D eigenvalue weighted by molar-refractivity contribution is 0.134. The summed E-state index contributed by atoms with van der Waals surface area (Å²) in [6, 6.07) is 4.90. The van der Waals surface area contributed by atoms with E-state index in [0.717, 1.165) is 50.3 Å². The Morgan fingerprint density at radius 2 is 2.17 bits per heavy atom. The minimum absolute atomic E-state index is 0.738. The number of ether oxygens (including phenoxy) is 1. The number of nitrogens with one attached hydrogen (secondary N) is 1. The zero-order chi connectivity index (χ0) is 12.8. The van der Waals surface area contributed by atoms with Gasteiger partial charge in [0.05, 0.1) is 19.7 Å². The minimum atomic E-state index is 0.738. The summed E-state index contributed by atoms with van der Waals surface area (Å²) in [6.45, 7) is 6.57. The van der Waals surface area contributed by atoms with Gasteiger partial charge in [0.1, 0.15) is 11.5 Å².